The van der Waals surface area contributed by atoms with Crippen LogP contribution < -0.4 is 15.4 Å². The number of nitrogens with zero attached hydrogens (tertiary/aromatic N) is 1. The molecule has 0 saturated heterocycles. The number of aryl methyl sites for hydroxylation is 1. The van der Waals surface area contributed by atoms with E-state index in [1.807, 2.05) is 36.4 Å². The fourth-order valence-corrected chi connectivity index (χ4v) is 3.89. The number of para-hydroxylation sites is 1. The Morgan fingerprint density at radius 2 is 1.77 bits per heavy atom. The van der Waals surface area contributed by atoms with Gasteiger partial charge in [0, 0.05) is 24.2 Å². The highest BCUT2D eigenvalue weighted by atomic mass is 16.5. The van der Waals surface area contributed by atoms with Gasteiger partial charge in [-0.15, -0.1) is 0 Å². The Bertz CT molecular complexity index is 842. The Labute approximate surface area is 180 Å². The molecule has 30 heavy (non-hydrogen) atoms. The van der Waals surface area contributed by atoms with Crippen LogP contribution >= 0.6 is 0 Å². The van der Waals surface area contributed by atoms with Crippen LogP contribution in [0.1, 0.15) is 56.6 Å². The minimum atomic E-state index is 0.0596. The van der Waals surface area contributed by atoms with Crippen molar-refractivity contribution in [2.24, 2.45) is 5.73 Å². The lowest BCUT2D eigenvalue weighted by Crippen LogP contribution is -2.31. The summed E-state index contributed by atoms with van der Waals surface area (Å²) >= 11 is 0. The van der Waals surface area contributed by atoms with E-state index >= 15 is 0 Å². The van der Waals surface area contributed by atoms with Crippen LogP contribution in [0.15, 0.2) is 54.6 Å². The van der Waals surface area contributed by atoms with Crippen LogP contribution in [0, 0.1) is 0 Å². The maximum absolute atomic E-state index is 12.8. The molecule has 4 nitrogen and oxygen atoms in total. The van der Waals surface area contributed by atoms with Gasteiger partial charge in [-0.3, -0.25) is 4.79 Å². The second kappa shape index (κ2) is 11.6. The third-order valence-corrected chi connectivity index (χ3v) is 5.53. The molecule has 1 aliphatic heterocycles. The summed E-state index contributed by atoms with van der Waals surface area (Å²) in [5.74, 6) is 0.995. The van der Waals surface area contributed by atoms with Crippen molar-refractivity contribution in [3.05, 3.63) is 65.7 Å². The van der Waals surface area contributed by atoms with E-state index in [1.54, 1.807) is 4.90 Å². The lowest BCUT2D eigenvalue weighted by Gasteiger charge is -2.15. The zero-order valence-electron chi connectivity index (χ0n) is 18.1. The van der Waals surface area contributed by atoms with Crippen molar-refractivity contribution in [2.45, 2.75) is 51.9 Å². The number of rotatable bonds is 12. The molecule has 0 spiro atoms. The zero-order chi connectivity index (χ0) is 21.2. The number of nitrogens with two attached hydrogens (primary N) is 1. The minimum absolute atomic E-state index is 0.0596. The monoisotopic (exact) mass is 406 g/mol. The number of carbonyl (C=O) groups is 1. The van der Waals surface area contributed by atoms with E-state index in [4.69, 9.17) is 10.5 Å². The van der Waals surface area contributed by atoms with E-state index < -0.39 is 0 Å². The number of fused-ring (bicyclic) bond motifs is 1. The van der Waals surface area contributed by atoms with Gasteiger partial charge in [0.05, 0.1) is 12.3 Å². The minimum Gasteiger partial charge on any atom is -0.494 e. The van der Waals surface area contributed by atoms with E-state index in [-0.39, 0.29) is 5.91 Å². The van der Waals surface area contributed by atoms with E-state index in [0.717, 1.165) is 48.4 Å². The van der Waals surface area contributed by atoms with E-state index in [0.29, 0.717) is 13.1 Å². The van der Waals surface area contributed by atoms with Crippen LogP contribution in [-0.2, 0) is 11.2 Å². The molecule has 0 fully saturated rings. The van der Waals surface area contributed by atoms with Crippen LogP contribution in [0.25, 0.3) is 5.57 Å². The second-order valence-corrected chi connectivity index (χ2v) is 7.83. The van der Waals surface area contributed by atoms with E-state index in [1.165, 1.54) is 31.2 Å². The van der Waals surface area contributed by atoms with Crippen LogP contribution in [-0.4, -0.2) is 25.6 Å². The molecule has 2 aromatic rings. The van der Waals surface area contributed by atoms with Crippen LogP contribution in [0.4, 0.5) is 5.69 Å². The summed E-state index contributed by atoms with van der Waals surface area (Å²) in [5.41, 5.74) is 9.72. The molecule has 4 heteroatoms. The van der Waals surface area contributed by atoms with Crippen molar-refractivity contribution in [2.75, 3.05) is 24.6 Å². The molecule has 1 amide bonds. The van der Waals surface area contributed by atoms with Gasteiger partial charge in [0.1, 0.15) is 5.75 Å². The molecule has 0 saturated carbocycles. The lowest BCUT2D eigenvalue weighted by molar-refractivity contribution is -0.113. The molecular weight excluding hydrogens is 372 g/mol. The first-order chi connectivity index (χ1) is 14.7. The number of unbranched alkanes of at least 4 members (excludes halogenated alkanes) is 4. The molecule has 1 heterocycles. The Balaban J connectivity index is 1.51. The average Bonchev–Trinajstić information content (AvgIpc) is 3.03. The lowest BCUT2D eigenvalue weighted by atomic mass is 10.0. The summed E-state index contributed by atoms with van der Waals surface area (Å²) in [7, 11) is 0. The van der Waals surface area contributed by atoms with Gasteiger partial charge in [0.2, 0.25) is 0 Å². The summed E-state index contributed by atoms with van der Waals surface area (Å²) in [4.78, 5) is 14.6. The van der Waals surface area contributed by atoms with Crippen molar-refractivity contribution < 1.29 is 9.53 Å². The number of anilines is 1. The van der Waals surface area contributed by atoms with E-state index in [9.17, 15) is 4.79 Å². The smallest absolute Gasteiger partial charge is 0.258 e. The Morgan fingerprint density at radius 3 is 2.53 bits per heavy atom. The molecule has 0 aliphatic carbocycles. The van der Waals surface area contributed by atoms with Gasteiger partial charge < -0.3 is 15.4 Å². The van der Waals surface area contributed by atoms with Crippen molar-refractivity contribution >= 4 is 17.2 Å². The van der Waals surface area contributed by atoms with Gasteiger partial charge in [0.15, 0.2) is 0 Å². The number of amides is 1. The maximum atomic E-state index is 12.8. The number of hydrogen-bond acceptors (Lipinski definition) is 3. The highest BCUT2D eigenvalue weighted by Crippen LogP contribution is 2.36. The number of hydrogen-bond donors (Lipinski definition) is 1. The predicted octanol–water partition coefficient (Wildman–Crippen LogP) is 5.36. The van der Waals surface area contributed by atoms with Crippen LogP contribution in [0.5, 0.6) is 5.75 Å². The molecule has 2 N–H and O–H groups in total. The summed E-state index contributed by atoms with van der Waals surface area (Å²) in [6.07, 6.45) is 10.0. The number of ether oxygens (including phenoxy) is 1. The predicted molar refractivity (Wildman–Crippen MR) is 125 cm³/mol. The third kappa shape index (κ3) is 5.73. The average molecular weight is 407 g/mol. The van der Waals surface area contributed by atoms with Crippen LogP contribution in [0.2, 0.25) is 0 Å². The van der Waals surface area contributed by atoms with Crippen molar-refractivity contribution in [1.82, 2.24) is 0 Å². The molecule has 160 valence electrons. The SMILES string of the molecule is CCCCCCCOc1ccc(CC/C=C2/C(=O)N(CCN)c3ccccc32)cc1. The zero-order valence-corrected chi connectivity index (χ0v) is 18.1. The summed E-state index contributed by atoms with van der Waals surface area (Å²) in [6, 6.07) is 16.3. The fraction of sp³-hybridized carbons (Fsp3) is 0.423. The molecule has 0 bridgehead atoms. The highest BCUT2D eigenvalue weighted by molar-refractivity contribution is 6.32. The fourth-order valence-electron chi connectivity index (χ4n) is 3.89. The van der Waals surface area contributed by atoms with E-state index in [2.05, 4.69) is 25.1 Å². The molecule has 1 aliphatic rings. The van der Waals surface area contributed by atoms with Gasteiger partial charge in [-0.05, 0) is 43.0 Å². The quantitative estimate of drug-likeness (QED) is 0.381. The highest BCUT2D eigenvalue weighted by Gasteiger charge is 2.30. The number of benzene rings is 2. The first kappa shape index (κ1) is 22.1. The maximum Gasteiger partial charge on any atom is 0.258 e. The Kier molecular flexibility index (Phi) is 8.52. The first-order valence-electron chi connectivity index (χ1n) is 11.3. The van der Waals surface area contributed by atoms with Crippen molar-refractivity contribution in [3.8, 4) is 5.75 Å². The molecule has 0 atom stereocenters. The second-order valence-electron chi connectivity index (χ2n) is 7.83. The van der Waals surface area contributed by atoms with Crippen LogP contribution in [0.3, 0.4) is 0 Å². The van der Waals surface area contributed by atoms with Gasteiger partial charge >= 0.3 is 0 Å². The van der Waals surface area contributed by atoms with Gasteiger partial charge in [-0.25, -0.2) is 0 Å². The first-order valence-corrected chi connectivity index (χ1v) is 11.3. The van der Waals surface area contributed by atoms with Crippen molar-refractivity contribution in [3.63, 3.8) is 0 Å². The standard InChI is InChI=1S/C26H34N2O2/c1-2-3-4-5-8-20-30-22-16-14-21(15-17-22)10-9-12-24-23-11-6-7-13-25(23)28(19-18-27)26(24)29/h6-7,11-17H,2-5,8-10,18-20,27H2,1H3/b24-12+. The molecule has 2 aromatic carbocycles. The normalized spacial score (nSPS) is 14.4. The topological polar surface area (TPSA) is 55.6 Å². The number of allylic oxidation sites excluding steroid dienone is 1. The van der Waals surface area contributed by atoms with Gasteiger partial charge in [-0.1, -0.05) is 69.0 Å². The number of carbonyl (C=O) groups excluding carboxylic acids is 1. The summed E-state index contributed by atoms with van der Waals surface area (Å²) < 4.78 is 5.84. The Hall–Kier alpha value is -2.59. The Morgan fingerprint density at radius 1 is 1.00 bits per heavy atom. The largest absolute Gasteiger partial charge is 0.494 e. The third-order valence-electron chi connectivity index (χ3n) is 5.53. The molecule has 3 rings (SSSR count). The summed E-state index contributed by atoms with van der Waals surface area (Å²) in [6.45, 7) is 4.03. The van der Waals surface area contributed by atoms with Gasteiger partial charge in [0.25, 0.3) is 5.91 Å². The van der Waals surface area contributed by atoms with Gasteiger partial charge in [-0.2, -0.15) is 0 Å². The molecular formula is C26H34N2O2. The van der Waals surface area contributed by atoms with Crippen molar-refractivity contribution in [1.29, 1.82) is 0 Å². The molecule has 0 radical (unpaired) electrons. The molecule has 0 unspecified atom stereocenters. The molecule has 0 aromatic heterocycles. The summed E-state index contributed by atoms with van der Waals surface area (Å²) in [5, 5.41) is 0.